The Labute approximate surface area is 280 Å². The van der Waals surface area contributed by atoms with Crippen LogP contribution in [0.5, 0.6) is 0 Å². The maximum Gasteiger partial charge on any atom is 0.0733 e. The SMILES string of the molecule is C1=CC2=C(c3ccccc3)c3ccc([nH]3)C(c3ccccc3)c3ccc([nH]3)/C(c3ccccc3)=C3/C=CC(=N3)C(c3ccccc3)C1=N2. The maximum atomic E-state index is 5.38. The minimum Gasteiger partial charge on any atom is -0.357 e. The van der Waals surface area contributed by atoms with Crippen LogP contribution in [-0.2, 0) is 0 Å². The molecule has 0 saturated carbocycles. The first-order chi connectivity index (χ1) is 23.8. The molecule has 0 fully saturated rings. The van der Waals surface area contributed by atoms with Crippen molar-refractivity contribution in [1.82, 2.24) is 9.97 Å². The van der Waals surface area contributed by atoms with E-state index in [9.17, 15) is 0 Å². The minimum absolute atomic E-state index is 0.0375. The van der Waals surface area contributed by atoms with Crippen molar-refractivity contribution in [3.63, 3.8) is 0 Å². The third-order valence-electron chi connectivity index (χ3n) is 9.40. The number of fused-ring (bicyclic) bond motifs is 6. The van der Waals surface area contributed by atoms with Crippen LogP contribution >= 0.6 is 0 Å². The quantitative estimate of drug-likeness (QED) is 0.198. The lowest BCUT2D eigenvalue weighted by Gasteiger charge is -2.17. The molecule has 0 aliphatic carbocycles. The first kappa shape index (κ1) is 28.0. The van der Waals surface area contributed by atoms with E-state index in [1.807, 2.05) is 0 Å². The summed E-state index contributed by atoms with van der Waals surface area (Å²) in [5.74, 6) is -0.166. The van der Waals surface area contributed by atoms with E-state index in [0.717, 1.165) is 73.4 Å². The molecule has 228 valence electrons. The number of aromatic nitrogens is 2. The van der Waals surface area contributed by atoms with Crippen molar-refractivity contribution in [2.45, 2.75) is 11.8 Å². The van der Waals surface area contributed by atoms with E-state index in [1.165, 1.54) is 5.56 Å². The highest BCUT2D eigenvalue weighted by atomic mass is 14.9. The Hall–Kier alpha value is -6.26. The summed E-state index contributed by atoms with van der Waals surface area (Å²) in [6, 6.07) is 51.2. The highest BCUT2D eigenvalue weighted by Gasteiger charge is 2.29. The van der Waals surface area contributed by atoms with Crippen LogP contribution in [0.25, 0.3) is 11.1 Å². The van der Waals surface area contributed by atoms with Crippen molar-refractivity contribution in [1.29, 1.82) is 0 Å². The van der Waals surface area contributed by atoms with Gasteiger partial charge in [-0.25, -0.2) is 0 Å². The minimum atomic E-state index is -0.128. The van der Waals surface area contributed by atoms with Gasteiger partial charge in [-0.3, -0.25) is 9.98 Å². The summed E-state index contributed by atoms with van der Waals surface area (Å²) in [5, 5.41) is 0. The van der Waals surface area contributed by atoms with Crippen LogP contribution in [0.3, 0.4) is 0 Å². The molecule has 0 saturated heterocycles. The number of hydrogen-bond acceptors (Lipinski definition) is 2. The van der Waals surface area contributed by atoms with Gasteiger partial charge in [0.25, 0.3) is 0 Å². The average Bonchev–Trinajstić information content (AvgIpc) is 3.98. The van der Waals surface area contributed by atoms with E-state index in [1.54, 1.807) is 0 Å². The molecule has 2 unspecified atom stereocenters. The van der Waals surface area contributed by atoms with E-state index >= 15 is 0 Å². The Morgan fingerprint density at radius 3 is 1.21 bits per heavy atom. The van der Waals surface area contributed by atoms with Crippen molar-refractivity contribution >= 4 is 22.6 Å². The Morgan fingerprint density at radius 2 is 0.771 bits per heavy atom. The number of nitrogens with one attached hydrogen (secondary N) is 2. The standard InChI is InChI=1S/C44H32N4/c1-5-13-29(14-6-1)41-33-21-23-35(45-33)42(30-15-7-2-8-16-30)37-25-27-39(47-37)44(32-19-11-4-12-20-32)40-28-26-38(48-40)43(31-17-9-3-10-18-31)36-24-22-34(41)46-36/h1-28,41,44-46H/b42-37-,43-38?. The van der Waals surface area contributed by atoms with Crippen LogP contribution in [0.1, 0.15) is 56.9 Å². The summed E-state index contributed by atoms with van der Waals surface area (Å²) >= 11 is 0. The van der Waals surface area contributed by atoms with Crippen LogP contribution < -0.4 is 0 Å². The molecule has 4 nitrogen and oxygen atoms in total. The molecule has 3 aliphatic rings. The van der Waals surface area contributed by atoms with E-state index in [2.05, 4.69) is 180 Å². The number of rotatable bonds is 4. The second kappa shape index (κ2) is 11.8. The van der Waals surface area contributed by atoms with E-state index in [0.29, 0.717) is 0 Å². The monoisotopic (exact) mass is 616 g/mol. The molecular formula is C44H32N4. The molecule has 2 atom stereocenters. The van der Waals surface area contributed by atoms with Crippen LogP contribution in [0.15, 0.2) is 191 Å². The number of aliphatic imine (C=N–C) groups is 2. The van der Waals surface area contributed by atoms with Crippen LogP contribution in [0.4, 0.5) is 0 Å². The van der Waals surface area contributed by atoms with Gasteiger partial charge in [-0.05, 0) is 70.8 Å². The van der Waals surface area contributed by atoms with Gasteiger partial charge in [-0.15, -0.1) is 0 Å². The summed E-state index contributed by atoms with van der Waals surface area (Å²) in [5.41, 5.74) is 14.8. The zero-order chi connectivity index (χ0) is 31.9. The maximum absolute atomic E-state index is 5.38. The third-order valence-corrected chi connectivity index (χ3v) is 9.40. The van der Waals surface area contributed by atoms with Gasteiger partial charge in [0.15, 0.2) is 0 Å². The molecule has 6 aromatic rings. The Kier molecular flexibility index (Phi) is 6.90. The van der Waals surface area contributed by atoms with E-state index in [4.69, 9.17) is 9.98 Å². The molecule has 4 heteroatoms. The summed E-state index contributed by atoms with van der Waals surface area (Å²) in [4.78, 5) is 18.5. The second-order valence-electron chi connectivity index (χ2n) is 12.3. The summed E-state index contributed by atoms with van der Waals surface area (Å²) < 4.78 is 0. The van der Waals surface area contributed by atoms with Gasteiger partial charge in [0.2, 0.25) is 0 Å². The predicted octanol–water partition coefficient (Wildman–Crippen LogP) is 9.86. The number of hydrogen-bond donors (Lipinski definition) is 2. The smallest absolute Gasteiger partial charge is 0.0733 e. The molecular weight excluding hydrogens is 585 g/mol. The highest BCUT2D eigenvalue weighted by Crippen LogP contribution is 2.39. The fraction of sp³-hybridized carbons (Fsp3) is 0.0455. The number of H-pyrrole nitrogens is 2. The normalized spacial score (nSPS) is 19.8. The first-order valence-electron chi connectivity index (χ1n) is 16.4. The van der Waals surface area contributed by atoms with Gasteiger partial charge in [-0.2, -0.15) is 0 Å². The third kappa shape index (κ3) is 4.95. The largest absolute Gasteiger partial charge is 0.357 e. The molecule has 0 radical (unpaired) electrons. The second-order valence-corrected chi connectivity index (χ2v) is 12.3. The lowest BCUT2D eigenvalue weighted by molar-refractivity contribution is 0.893. The lowest BCUT2D eigenvalue weighted by atomic mass is 9.89. The van der Waals surface area contributed by atoms with Crippen LogP contribution in [0.2, 0.25) is 0 Å². The molecule has 2 N–H and O–H groups in total. The van der Waals surface area contributed by atoms with E-state index < -0.39 is 0 Å². The van der Waals surface area contributed by atoms with Crippen LogP contribution in [0, 0.1) is 0 Å². The van der Waals surface area contributed by atoms with Gasteiger partial charge >= 0.3 is 0 Å². The Morgan fingerprint density at radius 1 is 0.375 bits per heavy atom. The van der Waals surface area contributed by atoms with Crippen LogP contribution in [-0.4, -0.2) is 21.4 Å². The molecule has 2 aromatic heterocycles. The molecule has 4 aromatic carbocycles. The molecule has 9 rings (SSSR count). The number of benzene rings is 4. The fourth-order valence-corrected chi connectivity index (χ4v) is 7.21. The predicted molar refractivity (Wildman–Crippen MR) is 196 cm³/mol. The topological polar surface area (TPSA) is 56.3 Å². The fourth-order valence-electron chi connectivity index (χ4n) is 7.21. The van der Waals surface area contributed by atoms with Gasteiger partial charge < -0.3 is 9.97 Å². The Balaban J connectivity index is 1.34. The summed E-state index contributed by atoms with van der Waals surface area (Å²) in [6.07, 6.45) is 8.64. The molecule has 48 heavy (non-hydrogen) atoms. The molecule has 5 heterocycles. The molecule has 0 spiro atoms. The molecule has 3 aliphatic heterocycles. The summed E-state index contributed by atoms with van der Waals surface area (Å²) in [7, 11) is 0. The number of aromatic amines is 2. The van der Waals surface area contributed by atoms with Gasteiger partial charge in [0.05, 0.1) is 34.7 Å². The van der Waals surface area contributed by atoms with Gasteiger partial charge in [-0.1, -0.05) is 121 Å². The van der Waals surface area contributed by atoms with Crippen molar-refractivity contribution < 1.29 is 0 Å². The number of nitrogens with zero attached hydrogens (tertiary/aromatic N) is 2. The van der Waals surface area contributed by atoms with Gasteiger partial charge in [0, 0.05) is 33.9 Å². The molecule has 8 bridgehead atoms. The first-order valence-corrected chi connectivity index (χ1v) is 16.4. The zero-order valence-corrected chi connectivity index (χ0v) is 26.2. The van der Waals surface area contributed by atoms with Gasteiger partial charge in [0.1, 0.15) is 0 Å². The zero-order valence-electron chi connectivity index (χ0n) is 26.2. The molecule has 0 amide bonds. The number of allylic oxidation sites excluding steroid dienone is 4. The van der Waals surface area contributed by atoms with Crippen molar-refractivity contribution in [3.05, 3.63) is 226 Å². The summed E-state index contributed by atoms with van der Waals surface area (Å²) in [6.45, 7) is 0. The highest BCUT2D eigenvalue weighted by molar-refractivity contribution is 6.23. The average molecular weight is 617 g/mol. The van der Waals surface area contributed by atoms with Crippen molar-refractivity contribution in [2.24, 2.45) is 9.98 Å². The Bertz CT molecular complexity index is 2180. The van der Waals surface area contributed by atoms with Crippen molar-refractivity contribution in [3.8, 4) is 0 Å². The van der Waals surface area contributed by atoms with E-state index in [-0.39, 0.29) is 11.8 Å². The lowest BCUT2D eigenvalue weighted by Crippen LogP contribution is -2.17. The van der Waals surface area contributed by atoms with Crippen molar-refractivity contribution in [2.75, 3.05) is 0 Å².